The molecule has 4 heteroatoms. The number of rotatable bonds is 7. The molecule has 0 bridgehead atoms. The van der Waals surface area contributed by atoms with Crippen LogP contribution in [0.3, 0.4) is 0 Å². The number of carbonyl (C=O) groups excluding carboxylic acids is 2. The maximum atomic E-state index is 10.5. The Balaban J connectivity index is 2.38. The van der Waals surface area contributed by atoms with Crippen LogP contribution in [0, 0.1) is 5.92 Å². The summed E-state index contributed by atoms with van der Waals surface area (Å²) >= 11 is 0. The summed E-state index contributed by atoms with van der Waals surface area (Å²) in [5.74, 6) is 0.180. The fourth-order valence-corrected chi connectivity index (χ4v) is 1.99. The standard InChI is InChI=1S/C12H20N2O2/c1-13-12-2-6-14(7-3-12)10-11(4-8-15)5-9-16/h2,8-9,11,13H,3-7,10H2,1H3. The summed E-state index contributed by atoms with van der Waals surface area (Å²) in [5, 5.41) is 3.15. The molecule has 1 aliphatic rings. The van der Waals surface area contributed by atoms with E-state index in [1.807, 2.05) is 7.05 Å². The molecule has 1 N–H and O–H groups in total. The highest BCUT2D eigenvalue weighted by Gasteiger charge is 2.16. The summed E-state index contributed by atoms with van der Waals surface area (Å²) in [5.41, 5.74) is 1.28. The molecule has 1 heterocycles. The van der Waals surface area contributed by atoms with Crippen LogP contribution in [0.4, 0.5) is 0 Å². The minimum Gasteiger partial charge on any atom is -0.392 e. The highest BCUT2D eigenvalue weighted by molar-refractivity contribution is 5.54. The normalized spacial score (nSPS) is 17.0. The van der Waals surface area contributed by atoms with Crippen LogP contribution in [-0.4, -0.2) is 44.2 Å². The van der Waals surface area contributed by atoms with E-state index in [-0.39, 0.29) is 5.92 Å². The van der Waals surface area contributed by atoms with Crippen molar-refractivity contribution in [2.24, 2.45) is 5.92 Å². The van der Waals surface area contributed by atoms with Gasteiger partial charge >= 0.3 is 0 Å². The zero-order chi connectivity index (χ0) is 11.8. The maximum Gasteiger partial charge on any atom is 0.120 e. The van der Waals surface area contributed by atoms with Gasteiger partial charge in [-0.05, 0) is 12.3 Å². The first-order valence-corrected chi connectivity index (χ1v) is 5.76. The summed E-state index contributed by atoms with van der Waals surface area (Å²) < 4.78 is 0. The molecule has 1 rings (SSSR count). The first-order valence-electron chi connectivity index (χ1n) is 5.76. The third-order valence-electron chi connectivity index (χ3n) is 2.99. The third kappa shape index (κ3) is 4.14. The molecule has 0 atom stereocenters. The number of nitrogens with one attached hydrogen (secondary N) is 1. The van der Waals surface area contributed by atoms with E-state index in [0.717, 1.165) is 38.6 Å². The predicted molar refractivity (Wildman–Crippen MR) is 63.1 cm³/mol. The van der Waals surface area contributed by atoms with Crippen LogP contribution in [0.25, 0.3) is 0 Å². The number of nitrogens with zero attached hydrogens (tertiary/aromatic N) is 1. The van der Waals surface area contributed by atoms with Crippen LogP contribution in [0.2, 0.25) is 0 Å². The fourth-order valence-electron chi connectivity index (χ4n) is 1.99. The molecule has 4 nitrogen and oxygen atoms in total. The van der Waals surface area contributed by atoms with Gasteiger partial charge in [0, 0.05) is 45.2 Å². The lowest BCUT2D eigenvalue weighted by Gasteiger charge is -2.28. The molecule has 1 aliphatic heterocycles. The van der Waals surface area contributed by atoms with Crippen molar-refractivity contribution in [3.63, 3.8) is 0 Å². The Labute approximate surface area is 96.7 Å². The van der Waals surface area contributed by atoms with Crippen molar-refractivity contribution >= 4 is 12.6 Å². The largest absolute Gasteiger partial charge is 0.392 e. The van der Waals surface area contributed by atoms with Gasteiger partial charge in [-0.2, -0.15) is 0 Å². The Bertz CT molecular complexity index is 254. The number of aldehydes is 2. The van der Waals surface area contributed by atoms with Gasteiger partial charge in [-0.25, -0.2) is 0 Å². The molecule has 16 heavy (non-hydrogen) atoms. The van der Waals surface area contributed by atoms with E-state index in [0.29, 0.717) is 12.8 Å². The summed E-state index contributed by atoms with van der Waals surface area (Å²) in [4.78, 5) is 23.2. The van der Waals surface area contributed by atoms with E-state index in [1.54, 1.807) is 0 Å². The molecule has 0 fully saturated rings. The second kappa shape index (κ2) is 7.17. The Morgan fingerprint density at radius 2 is 2.12 bits per heavy atom. The molecule has 0 aromatic heterocycles. The van der Waals surface area contributed by atoms with Crippen LogP contribution < -0.4 is 5.32 Å². The number of carbonyl (C=O) groups is 2. The minimum atomic E-state index is 0.180. The molecular formula is C12H20N2O2. The van der Waals surface area contributed by atoms with Crippen molar-refractivity contribution in [2.75, 3.05) is 26.7 Å². The van der Waals surface area contributed by atoms with E-state index in [4.69, 9.17) is 0 Å². The molecule has 0 saturated carbocycles. The van der Waals surface area contributed by atoms with Gasteiger partial charge in [-0.15, -0.1) is 0 Å². The molecule has 0 radical (unpaired) electrons. The van der Waals surface area contributed by atoms with Gasteiger partial charge in [0.05, 0.1) is 0 Å². The number of hydrogen-bond donors (Lipinski definition) is 1. The lowest BCUT2D eigenvalue weighted by molar-refractivity contribution is -0.110. The quantitative estimate of drug-likeness (QED) is 0.643. The van der Waals surface area contributed by atoms with Gasteiger partial charge in [0.25, 0.3) is 0 Å². The van der Waals surface area contributed by atoms with Crippen LogP contribution in [0.5, 0.6) is 0 Å². The molecule has 0 spiro atoms. The van der Waals surface area contributed by atoms with E-state index in [1.165, 1.54) is 5.70 Å². The highest BCUT2D eigenvalue weighted by atomic mass is 16.1. The van der Waals surface area contributed by atoms with Gasteiger partial charge in [0.15, 0.2) is 0 Å². The average molecular weight is 224 g/mol. The zero-order valence-corrected chi connectivity index (χ0v) is 9.82. The average Bonchev–Trinajstić information content (AvgIpc) is 2.31. The van der Waals surface area contributed by atoms with Crippen molar-refractivity contribution in [3.8, 4) is 0 Å². The van der Waals surface area contributed by atoms with Gasteiger partial charge in [0.2, 0.25) is 0 Å². The van der Waals surface area contributed by atoms with Crippen molar-refractivity contribution in [1.82, 2.24) is 10.2 Å². The molecule has 0 aliphatic carbocycles. The van der Waals surface area contributed by atoms with E-state index < -0.39 is 0 Å². The van der Waals surface area contributed by atoms with Crippen molar-refractivity contribution < 1.29 is 9.59 Å². The summed E-state index contributed by atoms with van der Waals surface area (Å²) in [6, 6.07) is 0. The van der Waals surface area contributed by atoms with E-state index in [2.05, 4.69) is 16.3 Å². The van der Waals surface area contributed by atoms with E-state index >= 15 is 0 Å². The van der Waals surface area contributed by atoms with Crippen LogP contribution in [-0.2, 0) is 9.59 Å². The number of hydrogen-bond acceptors (Lipinski definition) is 4. The minimum absolute atomic E-state index is 0.180. The molecule has 0 aromatic carbocycles. The fraction of sp³-hybridized carbons (Fsp3) is 0.667. The smallest absolute Gasteiger partial charge is 0.120 e. The molecule has 0 saturated heterocycles. The summed E-state index contributed by atoms with van der Waals surface area (Å²) in [6.45, 7) is 2.75. The Kier molecular flexibility index (Phi) is 5.78. The first-order chi connectivity index (χ1) is 7.80. The lowest BCUT2D eigenvalue weighted by atomic mass is 10.0. The Morgan fingerprint density at radius 1 is 1.44 bits per heavy atom. The Hall–Kier alpha value is -1.16. The second-order valence-corrected chi connectivity index (χ2v) is 4.16. The molecular weight excluding hydrogens is 204 g/mol. The SMILES string of the molecule is CNC1=CCN(CC(CC=O)CC=O)CC1. The molecule has 0 unspecified atom stereocenters. The van der Waals surface area contributed by atoms with Gasteiger partial charge in [0.1, 0.15) is 12.6 Å². The topological polar surface area (TPSA) is 49.4 Å². The van der Waals surface area contributed by atoms with Gasteiger partial charge in [-0.3, -0.25) is 4.90 Å². The molecule has 90 valence electrons. The third-order valence-corrected chi connectivity index (χ3v) is 2.99. The monoisotopic (exact) mass is 224 g/mol. The summed E-state index contributed by atoms with van der Waals surface area (Å²) in [7, 11) is 1.93. The van der Waals surface area contributed by atoms with E-state index in [9.17, 15) is 9.59 Å². The first kappa shape index (κ1) is 12.9. The van der Waals surface area contributed by atoms with Crippen LogP contribution in [0.15, 0.2) is 11.8 Å². The van der Waals surface area contributed by atoms with Gasteiger partial charge < -0.3 is 14.9 Å². The molecule has 0 aromatic rings. The zero-order valence-electron chi connectivity index (χ0n) is 9.82. The van der Waals surface area contributed by atoms with Crippen LogP contribution in [0.1, 0.15) is 19.3 Å². The maximum absolute atomic E-state index is 10.5. The van der Waals surface area contributed by atoms with Gasteiger partial charge in [-0.1, -0.05) is 6.08 Å². The highest BCUT2D eigenvalue weighted by Crippen LogP contribution is 2.13. The Morgan fingerprint density at radius 3 is 2.56 bits per heavy atom. The van der Waals surface area contributed by atoms with Crippen molar-refractivity contribution in [1.29, 1.82) is 0 Å². The second-order valence-electron chi connectivity index (χ2n) is 4.16. The van der Waals surface area contributed by atoms with Crippen molar-refractivity contribution in [2.45, 2.75) is 19.3 Å². The van der Waals surface area contributed by atoms with Crippen LogP contribution >= 0.6 is 0 Å². The van der Waals surface area contributed by atoms with Crippen molar-refractivity contribution in [3.05, 3.63) is 11.8 Å². The summed E-state index contributed by atoms with van der Waals surface area (Å²) in [6.07, 6.45) is 5.98. The molecule has 0 amide bonds. The lowest BCUT2D eigenvalue weighted by Crippen LogP contribution is -2.35. The predicted octanol–water partition coefficient (Wildman–Crippen LogP) is 0.590.